The maximum atomic E-state index is 12.1. The molecule has 1 aromatic carbocycles. The zero-order valence-electron chi connectivity index (χ0n) is 16.6. The van der Waals surface area contributed by atoms with Gasteiger partial charge in [0.25, 0.3) is 0 Å². The summed E-state index contributed by atoms with van der Waals surface area (Å²) in [5.41, 5.74) is 0.720. The van der Waals surface area contributed by atoms with Crippen molar-refractivity contribution in [2.45, 2.75) is 52.2 Å². The quantitative estimate of drug-likeness (QED) is 0.368. The van der Waals surface area contributed by atoms with Crippen LogP contribution in [0.15, 0.2) is 18.2 Å². The van der Waals surface area contributed by atoms with Crippen LogP contribution in [0.4, 0.5) is 5.69 Å². The SMILES string of the molecule is CC(=O)OCc1ccc(OC2OC(O)C(O)C(O)C2C(=O)O)cc1NC(=O)C(C)C. The van der Waals surface area contributed by atoms with Gasteiger partial charge >= 0.3 is 11.9 Å². The van der Waals surface area contributed by atoms with E-state index in [0.717, 1.165) is 0 Å². The van der Waals surface area contributed by atoms with Gasteiger partial charge in [0.2, 0.25) is 12.2 Å². The van der Waals surface area contributed by atoms with E-state index < -0.39 is 42.6 Å². The summed E-state index contributed by atoms with van der Waals surface area (Å²) in [6.07, 6.45) is -7.13. The lowest BCUT2D eigenvalue weighted by Crippen LogP contribution is -2.58. The monoisotopic (exact) mass is 427 g/mol. The number of amides is 1. The highest BCUT2D eigenvalue weighted by atomic mass is 16.7. The van der Waals surface area contributed by atoms with Crippen LogP contribution in [0.5, 0.6) is 5.75 Å². The number of carboxylic acids is 1. The molecular weight excluding hydrogens is 402 g/mol. The summed E-state index contributed by atoms with van der Waals surface area (Å²) in [5.74, 6) is -4.31. The predicted octanol–water partition coefficient (Wildman–Crippen LogP) is -0.180. The number of carbonyl (C=O) groups is 3. The molecule has 0 radical (unpaired) electrons. The van der Waals surface area contributed by atoms with Crippen LogP contribution in [0, 0.1) is 11.8 Å². The Morgan fingerprint density at radius 3 is 2.40 bits per heavy atom. The molecule has 0 spiro atoms. The van der Waals surface area contributed by atoms with Crippen LogP contribution in [0.25, 0.3) is 0 Å². The zero-order valence-corrected chi connectivity index (χ0v) is 16.6. The van der Waals surface area contributed by atoms with Crippen LogP contribution in [0.1, 0.15) is 26.3 Å². The predicted molar refractivity (Wildman–Crippen MR) is 100 cm³/mol. The van der Waals surface area contributed by atoms with Crippen molar-refractivity contribution in [3.05, 3.63) is 23.8 Å². The van der Waals surface area contributed by atoms with Crippen molar-refractivity contribution in [3.8, 4) is 5.75 Å². The fourth-order valence-electron chi connectivity index (χ4n) is 2.67. The largest absolute Gasteiger partial charge is 0.481 e. The molecule has 1 heterocycles. The summed E-state index contributed by atoms with van der Waals surface area (Å²) in [7, 11) is 0. The number of rotatable bonds is 7. The highest BCUT2D eigenvalue weighted by Gasteiger charge is 2.49. The molecule has 11 nitrogen and oxygen atoms in total. The van der Waals surface area contributed by atoms with Crippen LogP contribution in [-0.2, 0) is 30.5 Å². The Morgan fingerprint density at radius 2 is 1.83 bits per heavy atom. The van der Waals surface area contributed by atoms with E-state index in [1.807, 2.05) is 0 Å². The summed E-state index contributed by atoms with van der Waals surface area (Å²) < 4.78 is 15.5. The van der Waals surface area contributed by atoms with Crippen LogP contribution in [-0.4, -0.2) is 63.1 Å². The molecule has 5 atom stereocenters. The molecule has 30 heavy (non-hydrogen) atoms. The molecule has 0 aliphatic carbocycles. The number of hydrogen-bond donors (Lipinski definition) is 5. The molecule has 5 N–H and O–H groups in total. The van der Waals surface area contributed by atoms with E-state index in [9.17, 15) is 34.8 Å². The maximum Gasteiger partial charge on any atom is 0.315 e. The molecule has 11 heteroatoms. The number of benzene rings is 1. The maximum absolute atomic E-state index is 12.1. The molecule has 0 bridgehead atoms. The zero-order chi connectivity index (χ0) is 22.6. The number of hydrogen-bond acceptors (Lipinski definition) is 9. The molecule has 1 amide bonds. The van der Waals surface area contributed by atoms with Gasteiger partial charge in [-0.15, -0.1) is 0 Å². The van der Waals surface area contributed by atoms with Crippen LogP contribution < -0.4 is 10.1 Å². The van der Waals surface area contributed by atoms with Crippen molar-refractivity contribution in [3.63, 3.8) is 0 Å². The third-order valence-corrected chi connectivity index (χ3v) is 4.41. The highest BCUT2D eigenvalue weighted by molar-refractivity contribution is 5.93. The molecule has 5 unspecified atom stereocenters. The van der Waals surface area contributed by atoms with Gasteiger partial charge in [-0.3, -0.25) is 14.4 Å². The number of esters is 1. The van der Waals surface area contributed by atoms with Gasteiger partial charge in [0, 0.05) is 24.5 Å². The molecule has 1 aromatic rings. The Kier molecular flexibility index (Phi) is 7.73. The highest BCUT2D eigenvalue weighted by Crippen LogP contribution is 2.30. The van der Waals surface area contributed by atoms with Crippen molar-refractivity contribution in [1.82, 2.24) is 0 Å². The average Bonchev–Trinajstić information content (AvgIpc) is 2.65. The minimum Gasteiger partial charge on any atom is -0.481 e. The number of aliphatic hydroxyl groups excluding tert-OH is 3. The van der Waals surface area contributed by atoms with Crippen molar-refractivity contribution >= 4 is 23.5 Å². The Labute approximate surface area is 172 Å². The standard InChI is InChI=1S/C19H25NO10/c1-8(2)16(24)20-12-6-11(5-4-10(12)7-28-9(3)21)29-19-13(17(25)26)14(22)15(23)18(27)30-19/h4-6,8,13-15,18-19,22-23,27H,7H2,1-3H3,(H,20,24)(H,25,26). The van der Waals surface area contributed by atoms with Gasteiger partial charge in [-0.2, -0.15) is 0 Å². The van der Waals surface area contributed by atoms with E-state index in [-0.39, 0.29) is 29.9 Å². The van der Waals surface area contributed by atoms with Gasteiger partial charge in [0.05, 0.1) is 5.69 Å². The fourth-order valence-corrected chi connectivity index (χ4v) is 2.67. The van der Waals surface area contributed by atoms with Crippen molar-refractivity contribution < 1.29 is 49.0 Å². The van der Waals surface area contributed by atoms with E-state index in [0.29, 0.717) is 5.56 Å². The molecule has 1 aliphatic rings. The Morgan fingerprint density at radius 1 is 1.17 bits per heavy atom. The topological polar surface area (TPSA) is 172 Å². The average molecular weight is 427 g/mol. The first-order chi connectivity index (χ1) is 14.0. The second-order valence-corrected chi connectivity index (χ2v) is 7.10. The molecule has 166 valence electrons. The minimum atomic E-state index is -1.86. The second kappa shape index (κ2) is 9.85. The van der Waals surface area contributed by atoms with Crippen LogP contribution in [0.2, 0.25) is 0 Å². The molecule has 1 saturated heterocycles. The number of anilines is 1. The number of nitrogens with one attached hydrogen (secondary N) is 1. The number of carbonyl (C=O) groups excluding carboxylic acids is 2. The summed E-state index contributed by atoms with van der Waals surface area (Å²) in [4.78, 5) is 34.7. The number of ether oxygens (including phenoxy) is 3. The van der Waals surface area contributed by atoms with Gasteiger partial charge in [-0.1, -0.05) is 13.8 Å². The summed E-state index contributed by atoms with van der Waals surface area (Å²) >= 11 is 0. The van der Waals surface area contributed by atoms with Crippen molar-refractivity contribution in [1.29, 1.82) is 0 Å². The first-order valence-electron chi connectivity index (χ1n) is 9.17. The summed E-state index contributed by atoms with van der Waals surface area (Å²) in [6, 6.07) is 4.27. The summed E-state index contributed by atoms with van der Waals surface area (Å²) in [5, 5.41) is 41.3. The Hall–Kier alpha value is -2.73. The first kappa shape index (κ1) is 23.5. The number of aliphatic carboxylic acids is 1. The lowest BCUT2D eigenvalue weighted by molar-refractivity contribution is -0.306. The normalized spacial score (nSPS) is 26.2. The van der Waals surface area contributed by atoms with Gasteiger partial charge in [0.1, 0.15) is 30.5 Å². The van der Waals surface area contributed by atoms with E-state index in [1.165, 1.54) is 25.1 Å². The van der Waals surface area contributed by atoms with Crippen LogP contribution >= 0.6 is 0 Å². The number of aliphatic hydroxyl groups is 3. The second-order valence-electron chi connectivity index (χ2n) is 7.10. The van der Waals surface area contributed by atoms with E-state index >= 15 is 0 Å². The summed E-state index contributed by atoms with van der Waals surface area (Å²) in [6.45, 7) is 4.48. The minimum absolute atomic E-state index is 0.0488. The van der Waals surface area contributed by atoms with Crippen molar-refractivity contribution in [2.24, 2.45) is 11.8 Å². The first-order valence-corrected chi connectivity index (χ1v) is 9.17. The van der Waals surface area contributed by atoms with Crippen molar-refractivity contribution in [2.75, 3.05) is 5.32 Å². The van der Waals surface area contributed by atoms with Gasteiger partial charge < -0.3 is 40.0 Å². The third kappa shape index (κ3) is 5.66. The Bertz CT molecular complexity index is 796. The Balaban J connectivity index is 2.30. The lowest BCUT2D eigenvalue weighted by Gasteiger charge is -2.38. The smallest absolute Gasteiger partial charge is 0.315 e. The van der Waals surface area contributed by atoms with Gasteiger partial charge in [-0.05, 0) is 12.1 Å². The molecule has 1 aliphatic heterocycles. The molecule has 1 fully saturated rings. The molecular formula is C19H25NO10. The van der Waals surface area contributed by atoms with Gasteiger partial charge in [-0.25, -0.2) is 0 Å². The fraction of sp³-hybridized carbons (Fsp3) is 0.526. The molecule has 2 rings (SSSR count). The van der Waals surface area contributed by atoms with E-state index in [4.69, 9.17) is 14.2 Å². The lowest BCUT2D eigenvalue weighted by atomic mass is 9.94. The van der Waals surface area contributed by atoms with Crippen LogP contribution in [0.3, 0.4) is 0 Å². The molecule has 0 saturated carbocycles. The molecule has 0 aromatic heterocycles. The van der Waals surface area contributed by atoms with E-state index in [1.54, 1.807) is 13.8 Å². The third-order valence-electron chi connectivity index (χ3n) is 4.41. The van der Waals surface area contributed by atoms with Gasteiger partial charge in [0.15, 0.2) is 6.29 Å². The number of carboxylic acid groups (broad SMARTS) is 1. The van der Waals surface area contributed by atoms with E-state index in [2.05, 4.69) is 5.32 Å².